The number of H-pyrrole nitrogens is 2. The van der Waals surface area contributed by atoms with Crippen LogP contribution < -0.4 is 21.1 Å². The third-order valence-corrected chi connectivity index (χ3v) is 17.6. The number of aromatic amines is 2. The average molecular weight is 1320 g/mol. The van der Waals surface area contributed by atoms with Crippen LogP contribution in [0.2, 0.25) is 0 Å². The SMILES string of the molecule is NC(=O)[C@H](CCCCCC(=O)COCCOCCNC(=O)CCC(CC(=O)CCC(CC(=O)CCCCCCCCCCCNC(=O)CCCS(=O)(=O)NC(=O)CCCCCCCCCCCCCCCc1nn[nH]n1)C(=O)O)C(=O)O)CC(=O)CCc1cnc[nH]1.[HH]. The summed E-state index contributed by atoms with van der Waals surface area (Å²) < 4.78 is 37.8. The van der Waals surface area contributed by atoms with E-state index in [0.717, 1.165) is 95.0 Å². The van der Waals surface area contributed by atoms with Gasteiger partial charge in [-0.3, -0.25) is 52.7 Å². The third-order valence-electron chi connectivity index (χ3n) is 16.2. The molecule has 2 aromatic rings. The van der Waals surface area contributed by atoms with E-state index in [-0.39, 0.29) is 134 Å². The predicted octanol–water partition coefficient (Wildman–Crippen LogP) is 8.66. The number of carbonyl (C=O) groups is 10. The lowest BCUT2D eigenvalue weighted by atomic mass is 9.90. The summed E-state index contributed by atoms with van der Waals surface area (Å²) in [5.41, 5.74) is 6.36. The molecule has 2 aromatic heterocycles. The first-order chi connectivity index (χ1) is 44.3. The quantitative estimate of drug-likeness (QED) is 0.0287. The highest BCUT2D eigenvalue weighted by Gasteiger charge is 2.26. The molecule has 0 aliphatic heterocycles. The fourth-order valence-electron chi connectivity index (χ4n) is 10.7. The molecule has 0 aliphatic rings. The molecule has 0 saturated heterocycles. The van der Waals surface area contributed by atoms with Crippen molar-refractivity contribution < 1.29 is 77.5 Å². The van der Waals surface area contributed by atoms with Crippen LogP contribution >= 0.6 is 0 Å². The van der Waals surface area contributed by atoms with Gasteiger partial charge in [-0.1, -0.05) is 134 Å². The van der Waals surface area contributed by atoms with Crippen molar-refractivity contribution in [3.8, 4) is 0 Å². The molecule has 0 aromatic carbocycles. The third kappa shape index (κ3) is 46.7. The minimum absolute atomic E-state index is 0. The predicted molar refractivity (Wildman–Crippen MR) is 347 cm³/mol. The molecule has 0 saturated carbocycles. The topological polar surface area (TPSA) is 409 Å². The summed E-state index contributed by atoms with van der Waals surface area (Å²) in [7, 11) is -3.80. The maximum absolute atomic E-state index is 12.8. The molecule has 0 radical (unpaired) electrons. The first-order valence-electron chi connectivity index (χ1n) is 34.1. The number of carboxylic acid groups (broad SMARTS) is 2. The van der Waals surface area contributed by atoms with Gasteiger partial charge in [0.1, 0.15) is 24.0 Å². The molecule has 2 unspecified atom stereocenters. The molecule has 9 N–H and O–H groups in total. The van der Waals surface area contributed by atoms with E-state index in [0.29, 0.717) is 64.3 Å². The van der Waals surface area contributed by atoms with Crippen molar-refractivity contribution in [2.75, 3.05) is 45.3 Å². The van der Waals surface area contributed by atoms with E-state index < -0.39 is 63.2 Å². The van der Waals surface area contributed by atoms with Gasteiger partial charge >= 0.3 is 11.9 Å². The van der Waals surface area contributed by atoms with Gasteiger partial charge in [0, 0.05) is 103 Å². The number of sulfonamides is 1. The van der Waals surface area contributed by atoms with Crippen molar-refractivity contribution in [2.24, 2.45) is 23.5 Å². The van der Waals surface area contributed by atoms with Crippen LogP contribution in [0.4, 0.5) is 0 Å². The Balaban J connectivity index is 0.0000432. The molecule has 26 nitrogen and oxygen atoms in total. The highest BCUT2D eigenvalue weighted by molar-refractivity contribution is 7.90. The van der Waals surface area contributed by atoms with Gasteiger partial charge in [-0.15, -0.1) is 10.2 Å². The number of ketones is 4. The molecule has 92 heavy (non-hydrogen) atoms. The molecular weight excluding hydrogens is 1210 g/mol. The van der Waals surface area contributed by atoms with E-state index in [1.54, 1.807) is 12.5 Å². The van der Waals surface area contributed by atoms with Crippen LogP contribution in [0.5, 0.6) is 0 Å². The Bertz CT molecular complexity index is 2510. The number of primary amides is 1. The minimum atomic E-state index is -3.80. The fourth-order valence-corrected chi connectivity index (χ4v) is 11.7. The average Bonchev–Trinajstić information content (AvgIpc) is 3.33. The lowest BCUT2D eigenvalue weighted by Gasteiger charge is -2.14. The van der Waals surface area contributed by atoms with Crippen molar-refractivity contribution in [3.05, 3.63) is 24.0 Å². The van der Waals surface area contributed by atoms with Gasteiger partial charge in [-0.2, -0.15) is 5.21 Å². The second kappa shape index (κ2) is 53.1. The van der Waals surface area contributed by atoms with Gasteiger partial charge in [0.2, 0.25) is 33.7 Å². The standard InChI is InChI=1S/C65H110N10O16S.H2/c66-63(83)51(45-57(78)37-35-54-48-67-50-70-54)27-20-19-22-29-58(79)49-91-43-42-90-41-40-69-61(81)38-34-53(65(86)87)47-56(77)36-33-52(64(84)85)46-55(76)28-21-15-11-7-6-10-14-18-25-39-68-60(80)32-26-44-92(88,89)73-62(82)31-24-17-13-9-5-3-1-2-4-8-12-16-23-30-59-71-74-75-72-59;/h48,50-53H,1-47,49H2,(H2,66,83)(H,67,70)(H,68,80)(H,69,81)(H,73,82)(H,84,85)(H,86,87)(H,71,72,74,75);1H/t51-,52?,53?;/m1./s1. The van der Waals surface area contributed by atoms with Crippen molar-refractivity contribution in [1.29, 1.82) is 0 Å². The van der Waals surface area contributed by atoms with E-state index in [2.05, 4.69) is 45.9 Å². The number of carboxylic acids is 2. The van der Waals surface area contributed by atoms with Crippen molar-refractivity contribution in [2.45, 2.75) is 263 Å². The number of nitrogens with zero attached hydrogens (tertiary/aromatic N) is 4. The molecule has 524 valence electrons. The van der Waals surface area contributed by atoms with Gasteiger partial charge < -0.3 is 41.0 Å². The Morgan fingerprint density at radius 1 is 0.500 bits per heavy atom. The first kappa shape index (κ1) is 81.7. The largest absolute Gasteiger partial charge is 0.481 e. The number of nitrogens with one attached hydrogen (secondary N) is 5. The van der Waals surface area contributed by atoms with Crippen LogP contribution in [0, 0.1) is 17.8 Å². The minimum Gasteiger partial charge on any atom is -0.481 e. The maximum atomic E-state index is 12.8. The van der Waals surface area contributed by atoms with Crippen LogP contribution in [0.3, 0.4) is 0 Å². The van der Waals surface area contributed by atoms with Gasteiger partial charge in [0.15, 0.2) is 11.6 Å². The molecule has 2 rings (SSSR count). The van der Waals surface area contributed by atoms with E-state index in [4.69, 9.17) is 15.2 Å². The second-order valence-corrected chi connectivity index (χ2v) is 26.2. The number of aromatic nitrogens is 6. The van der Waals surface area contributed by atoms with Crippen LogP contribution in [0.15, 0.2) is 12.5 Å². The number of imidazole rings is 1. The lowest BCUT2D eigenvalue weighted by molar-refractivity contribution is -0.145. The molecule has 27 heteroatoms. The number of hydrogen-bond donors (Lipinski definition) is 8. The molecule has 0 spiro atoms. The molecule has 0 bridgehead atoms. The molecule has 2 heterocycles. The van der Waals surface area contributed by atoms with Gasteiger partial charge in [-0.05, 0) is 64.2 Å². The van der Waals surface area contributed by atoms with Crippen LogP contribution in [-0.2, 0) is 80.3 Å². The number of rotatable bonds is 65. The fraction of sp³-hybridized carbons (Fsp3) is 0.785. The van der Waals surface area contributed by atoms with Crippen LogP contribution in [-0.4, -0.2) is 153 Å². The Kier molecular flexibility index (Phi) is 47.1. The zero-order valence-electron chi connectivity index (χ0n) is 54.7. The molecular formula is C65H112N10O16S. The highest BCUT2D eigenvalue weighted by atomic mass is 32.2. The number of ether oxygens (including phenoxy) is 2. The number of hydrogen-bond acceptors (Lipinski definition) is 18. The van der Waals surface area contributed by atoms with Crippen molar-refractivity contribution in [1.82, 2.24) is 45.9 Å². The smallest absolute Gasteiger partial charge is 0.306 e. The van der Waals surface area contributed by atoms with Gasteiger partial charge in [0.25, 0.3) is 0 Å². The molecule has 4 amide bonds. The number of amides is 4. The first-order valence-corrected chi connectivity index (χ1v) is 35.7. The number of Topliss-reactive ketones (excluding diaryl/α,β-unsaturated/α-hetero) is 4. The number of unbranched alkanes of at least 4 members (excludes halogenated alkanes) is 22. The monoisotopic (exact) mass is 1320 g/mol. The van der Waals surface area contributed by atoms with E-state index >= 15 is 0 Å². The van der Waals surface area contributed by atoms with Crippen molar-refractivity contribution >= 4 is 68.7 Å². The number of aryl methyl sites for hydroxylation is 2. The second-order valence-electron chi connectivity index (χ2n) is 24.4. The van der Waals surface area contributed by atoms with Crippen LogP contribution in [0.1, 0.15) is 263 Å². The maximum Gasteiger partial charge on any atom is 0.306 e. The lowest BCUT2D eigenvalue weighted by Crippen LogP contribution is -2.33. The Labute approximate surface area is 546 Å². The van der Waals surface area contributed by atoms with Crippen molar-refractivity contribution in [3.63, 3.8) is 0 Å². The normalized spacial score (nSPS) is 12.4. The Hall–Kier alpha value is -6.35. The summed E-state index contributed by atoms with van der Waals surface area (Å²) in [5, 5.41) is 38.9. The summed E-state index contributed by atoms with van der Waals surface area (Å²) in [5.74, 6) is -7.19. The Morgan fingerprint density at radius 3 is 1.57 bits per heavy atom. The summed E-state index contributed by atoms with van der Waals surface area (Å²) >= 11 is 0. The van der Waals surface area contributed by atoms with E-state index in [1.165, 1.54) is 51.4 Å². The molecule has 3 atom stereocenters. The number of aliphatic carboxylic acids is 2. The summed E-state index contributed by atoms with van der Waals surface area (Å²) in [4.78, 5) is 130. The van der Waals surface area contributed by atoms with Gasteiger partial charge in [-0.25, -0.2) is 13.4 Å². The molecule has 0 fully saturated rings. The highest BCUT2D eigenvalue weighted by Crippen LogP contribution is 2.21. The Morgan fingerprint density at radius 2 is 0.989 bits per heavy atom. The van der Waals surface area contributed by atoms with Gasteiger partial charge in [0.05, 0.1) is 43.7 Å². The van der Waals surface area contributed by atoms with E-state index in [1.807, 2.05) is 0 Å². The summed E-state index contributed by atoms with van der Waals surface area (Å²) in [6.07, 6.45) is 29.8. The van der Waals surface area contributed by atoms with E-state index in [9.17, 15) is 66.6 Å². The number of tetrazole rings is 1. The number of carbonyl (C=O) groups excluding carboxylic acids is 8. The summed E-state index contributed by atoms with van der Waals surface area (Å²) in [6.45, 7) is 1.01. The zero-order chi connectivity index (χ0) is 67.3. The number of nitrogens with two attached hydrogens (primary N) is 1. The van der Waals surface area contributed by atoms with Crippen LogP contribution in [0.25, 0.3) is 0 Å². The zero-order valence-corrected chi connectivity index (χ0v) is 55.5. The molecule has 0 aliphatic carbocycles. The summed E-state index contributed by atoms with van der Waals surface area (Å²) in [6, 6.07) is 0.